The van der Waals surface area contributed by atoms with Gasteiger partial charge in [0.05, 0.1) is 17.8 Å². The highest BCUT2D eigenvalue weighted by Gasteiger charge is 2.50. The quantitative estimate of drug-likeness (QED) is 0.771. The lowest BCUT2D eigenvalue weighted by molar-refractivity contribution is -0.139. The van der Waals surface area contributed by atoms with E-state index in [1.807, 2.05) is 0 Å². The van der Waals surface area contributed by atoms with Gasteiger partial charge in [0.15, 0.2) is 0 Å². The third kappa shape index (κ3) is 1.95. The Kier molecular flexibility index (Phi) is 2.90. The third-order valence-corrected chi connectivity index (χ3v) is 4.83. The lowest BCUT2D eigenvalue weighted by atomic mass is 9.91. The average Bonchev–Trinajstić information content (AvgIpc) is 2.89. The first-order valence-electron chi connectivity index (χ1n) is 7.23. The van der Waals surface area contributed by atoms with E-state index >= 15 is 0 Å². The standard InChI is InChI=1S/C14H24N2O2/c1-13(2)9-11(5-8-18-13)16-10-15-14(12(16)17)6-3-4-7-14/h11,15H,3-10H2,1-2H3. The molecular formula is C14H24N2O2. The highest BCUT2D eigenvalue weighted by Crippen LogP contribution is 2.37. The predicted octanol–water partition coefficient (Wildman–Crippen LogP) is 1.65. The maximum atomic E-state index is 12.7. The zero-order valence-corrected chi connectivity index (χ0v) is 11.5. The van der Waals surface area contributed by atoms with E-state index in [2.05, 4.69) is 24.1 Å². The minimum absolute atomic E-state index is 0.0887. The Hall–Kier alpha value is -0.610. The minimum Gasteiger partial charge on any atom is -0.375 e. The van der Waals surface area contributed by atoms with E-state index in [-0.39, 0.29) is 11.1 Å². The van der Waals surface area contributed by atoms with Crippen LogP contribution < -0.4 is 5.32 Å². The summed E-state index contributed by atoms with van der Waals surface area (Å²) in [4.78, 5) is 14.7. The number of nitrogens with one attached hydrogen (secondary N) is 1. The van der Waals surface area contributed by atoms with E-state index in [0.717, 1.165) is 39.0 Å². The Morgan fingerprint density at radius 2 is 2.06 bits per heavy atom. The van der Waals surface area contributed by atoms with Crippen LogP contribution in [0.2, 0.25) is 0 Å². The van der Waals surface area contributed by atoms with Gasteiger partial charge < -0.3 is 9.64 Å². The summed E-state index contributed by atoms with van der Waals surface area (Å²) in [7, 11) is 0. The van der Waals surface area contributed by atoms with Gasteiger partial charge in [-0.1, -0.05) is 12.8 Å². The van der Waals surface area contributed by atoms with Crippen molar-refractivity contribution >= 4 is 5.91 Å². The number of nitrogens with zero attached hydrogens (tertiary/aromatic N) is 1. The van der Waals surface area contributed by atoms with Gasteiger partial charge in [-0.3, -0.25) is 10.1 Å². The van der Waals surface area contributed by atoms with E-state index in [9.17, 15) is 4.79 Å². The molecule has 1 spiro atoms. The fourth-order valence-corrected chi connectivity index (χ4v) is 3.79. The molecule has 102 valence electrons. The van der Waals surface area contributed by atoms with Crippen molar-refractivity contribution in [2.24, 2.45) is 0 Å². The summed E-state index contributed by atoms with van der Waals surface area (Å²) in [6.45, 7) is 5.75. The Labute approximate surface area is 109 Å². The summed E-state index contributed by atoms with van der Waals surface area (Å²) < 4.78 is 5.75. The van der Waals surface area contributed by atoms with Crippen LogP contribution in [-0.4, -0.2) is 41.3 Å². The van der Waals surface area contributed by atoms with E-state index in [1.165, 1.54) is 12.8 Å². The second-order valence-electron chi connectivity index (χ2n) is 6.65. The van der Waals surface area contributed by atoms with Gasteiger partial charge in [-0.25, -0.2) is 0 Å². The number of hydrogen-bond acceptors (Lipinski definition) is 3. The first-order chi connectivity index (χ1) is 8.53. The summed E-state index contributed by atoms with van der Waals surface area (Å²) in [5.41, 5.74) is -0.295. The van der Waals surface area contributed by atoms with Crippen molar-refractivity contribution in [3.63, 3.8) is 0 Å². The SMILES string of the molecule is CC1(C)CC(N2CNC3(CCCC3)C2=O)CCO1. The molecule has 1 aliphatic carbocycles. The number of hydrogen-bond donors (Lipinski definition) is 1. The fourth-order valence-electron chi connectivity index (χ4n) is 3.79. The van der Waals surface area contributed by atoms with Gasteiger partial charge in [0, 0.05) is 12.6 Å². The molecule has 2 aliphatic heterocycles. The molecule has 1 atom stereocenters. The second kappa shape index (κ2) is 4.20. The van der Waals surface area contributed by atoms with Gasteiger partial charge in [0.2, 0.25) is 5.91 Å². The first-order valence-corrected chi connectivity index (χ1v) is 7.23. The molecule has 1 N–H and O–H groups in total. The van der Waals surface area contributed by atoms with Crippen LogP contribution in [0.3, 0.4) is 0 Å². The lowest BCUT2D eigenvalue weighted by Crippen LogP contribution is -2.49. The largest absolute Gasteiger partial charge is 0.375 e. The third-order valence-electron chi connectivity index (χ3n) is 4.83. The smallest absolute Gasteiger partial charge is 0.244 e. The number of carbonyl (C=O) groups is 1. The monoisotopic (exact) mass is 252 g/mol. The molecule has 4 nitrogen and oxygen atoms in total. The second-order valence-corrected chi connectivity index (χ2v) is 6.65. The normalized spacial score (nSPS) is 34.4. The van der Waals surface area contributed by atoms with Crippen LogP contribution in [0.15, 0.2) is 0 Å². The molecule has 1 unspecified atom stereocenters. The topological polar surface area (TPSA) is 41.6 Å². The molecule has 1 saturated carbocycles. The van der Waals surface area contributed by atoms with Crippen LogP contribution in [0.4, 0.5) is 0 Å². The molecule has 2 heterocycles. The number of ether oxygens (including phenoxy) is 1. The van der Waals surface area contributed by atoms with Gasteiger partial charge in [-0.15, -0.1) is 0 Å². The zero-order valence-electron chi connectivity index (χ0n) is 11.5. The summed E-state index contributed by atoms with van der Waals surface area (Å²) in [5.74, 6) is 0.350. The van der Waals surface area contributed by atoms with Crippen molar-refractivity contribution < 1.29 is 9.53 Å². The summed E-state index contributed by atoms with van der Waals surface area (Å²) in [6, 6.07) is 0.355. The molecule has 0 radical (unpaired) electrons. The van der Waals surface area contributed by atoms with Crippen LogP contribution in [0.1, 0.15) is 52.4 Å². The molecule has 4 heteroatoms. The molecule has 0 aromatic carbocycles. The molecule has 3 fully saturated rings. The fraction of sp³-hybridized carbons (Fsp3) is 0.929. The van der Waals surface area contributed by atoms with Crippen molar-refractivity contribution in [1.82, 2.24) is 10.2 Å². The van der Waals surface area contributed by atoms with Crippen molar-refractivity contribution in [1.29, 1.82) is 0 Å². The molecular weight excluding hydrogens is 228 g/mol. The van der Waals surface area contributed by atoms with E-state index < -0.39 is 0 Å². The van der Waals surface area contributed by atoms with E-state index in [0.29, 0.717) is 11.9 Å². The van der Waals surface area contributed by atoms with E-state index in [1.54, 1.807) is 0 Å². The Morgan fingerprint density at radius 3 is 2.72 bits per heavy atom. The van der Waals surface area contributed by atoms with Crippen LogP contribution in [0.5, 0.6) is 0 Å². The zero-order chi connectivity index (χ0) is 12.8. The summed E-state index contributed by atoms with van der Waals surface area (Å²) >= 11 is 0. The van der Waals surface area contributed by atoms with Gasteiger partial charge in [0.25, 0.3) is 0 Å². The Bertz CT molecular complexity index is 348. The van der Waals surface area contributed by atoms with Gasteiger partial charge in [-0.05, 0) is 39.5 Å². The molecule has 0 bridgehead atoms. The summed E-state index contributed by atoms with van der Waals surface area (Å²) in [6.07, 6.45) is 6.35. The van der Waals surface area contributed by atoms with Crippen LogP contribution in [0.25, 0.3) is 0 Å². The lowest BCUT2D eigenvalue weighted by Gasteiger charge is -2.39. The van der Waals surface area contributed by atoms with Gasteiger partial charge in [-0.2, -0.15) is 0 Å². The number of amides is 1. The predicted molar refractivity (Wildman–Crippen MR) is 69.1 cm³/mol. The maximum absolute atomic E-state index is 12.7. The molecule has 3 aliphatic rings. The van der Waals surface area contributed by atoms with Crippen molar-refractivity contribution in [3.8, 4) is 0 Å². The Balaban J connectivity index is 1.72. The van der Waals surface area contributed by atoms with Crippen molar-refractivity contribution in [2.45, 2.75) is 69.6 Å². The van der Waals surface area contributed by atoms with Crippen LogP contribution in [-0.2, 0) is 9.53 Å². The molecule has 0 aromatic heterocycles. The van der Waals surface area contributed by atoms with E-state index in [4.69, 9.17) is 4.74 Å². The number of carbonyl (C=O) groups excluding carboxylic acids is 1. The maximum Gasteiger partial charge on any atom is 0.244 e. The number of rotatable bonds is 1. The van der Waals surface area contributed by atoms with Crippen molar-refractivity contribution in [3.05, 3.63) is 0 Å². The molecule has 18 heavy (non-hydrogen) atoms. The van der Waals surface area contributed by atoms with Crippen LogP contribution in [0, 0.1) is 0 Å². The average molecular weight is 252 g/mol. The summed E-state index contributed by atoms with van der Waals surface area (Å²) in [5, 5.41) is 3.49. The van der Waals surface area contributed by atoms with Gasteiger partial charge >= 0.3 is 0 Å². The van der Waals surface area contributed by atoms with Crippen LogP contribution >= 0.6 is 0 Å². The minimum atomic E-state index is -0.206. The molecule has 1 amide bonds. The van der Waals surface area contributed by atoms with Gasteiger partial charge in [0.1, 0.15) is 0 Å². The molecule has 0 aromatic rings. The highest BCUT2D eigenvalue weighted by molar-refractivity contribution is 5.89. The Morgan fingerprint density at radius 1 is 1.33 bits per heavy atom. The van der Waals surface area contributed by atoms with Crippen molar-refractivity contribution in [2.75, 3.05) is 13.3 Å². The molecule has 2 saturated heterocycles. The molecule has 3 rings (SSSR count). The highest BCUT2D eigenvalue weighted by atomic mass is 16.5. The first kappa shape index (κ1) is 12.4.